The fourth-order valence-electron chi connectivity index (χ4n) is 6.43. The van der Waals surface area contributed by atoms with E-state index in [1.54, 1.807) is 6.07 Å². The highest BCUT2D eigenvalue weighted by atomic mass is 35.5. The van der Waals surface area contributed by atoms with E-state index in [2.05, 4.69) is 32.1 Å². The third-order valence-corrected chi connectivity index (χ3v) is 9.95. The number of nitrogens with one attached hydrogen (secondary N) is 1. The average Bonchev–Trinajstić information content (AvgIpc) is 3.74. The summed E-state index contributed by atoms with van der Waals surface area (Å²) in [6.07, 6.45) is 4.58. The van der Waals surface area contributed by atoms with Crippen molar-refractivity contribution in [2.75, 3.05) is 51.0 Å². The van der Waals surface area contributed by atoms with Gasteiger partial charge in [0.25, 0.3) is 0 Å². The molecule has 3 aliphatic rings. The summed E-state index contributed by atoms with van der Waals surface area (Å²) in [7, 11) is 3.49. The summed E-state index contributed by atoms with van der Waals surface area (Å²) in [6, 6.07) is 7.44. The van der Waals surface area contributed by atoms with Crippen LogP contribution in [0.3, 0.4) is 0 Å². The lowest BCUT2D eigenvalue weighted by Crippen LogP contribution is -2.51. The van der Waals surface area contributed by atoms with Crippen LogP contribution >= 0.6 is 22.9 Å². The van der Waals surface area contributed by atoms with Gasteiger partial charge in [-0.25, -0.2) is 8.78 Å². The number of nitrogen functional groups attached to an aromatic ring is 1. The van der Waals surface area contributed by atoms with Crippen LogP contribution in [-0.4, -0.2) is 78.5 Å². The first-order chi connectivity index (χ1) is 21.7. The summed E-state index contributed by atoms with van der Waals surface area (Å²) >= 11 is 7.62. The van der Waals surface area contributed by atoms with Crippen LogP contribution in [0.15, 0.2) is 18.2 Å². The topological polar surface area (TPSA) is 124 Å². The number of ether oxygens (including phenoxy) is 1. The summed E-state index contributed by atoms with van der Waals surface area (Å²) in [5.74, 6) is -0.688. The SMILES string of the molecule is CC.CN1CCCC1CO.COc1nc(N2CC3CCC(C2)N3)c2cc(Cl)c(-c3ccc(F)c4sc(N)c(C#N)c34)c(F)c2n1. The van der Waals surface area contributed by atoms with Gasteiger partial charge in [-0.15, -0.1) is 11.3 Å². The highest BCUT2D eigenvalue weighted by Crippen LogP contribution is 2.45. The highest BCUT2D eigenvalue weighted by molar-refractivity contribution is 7.23. The van der Waals surface area contributed by atoms with Crippen molar-refractivity contribution in [2.24, 2.45) is 0 Å². The molecule has 3 saturated heterocycles. The second-order valence-corrected chi connectivity index (χ2v) is 12.7. The van der Waals surface area contributed by atoms with Crippen molar-refractivity contribution in [1.29, 1.82) is 5.26 Å². The van der Waals surface area contributed by atoms with Crippen LogP contribution < -0.4 is 20.7 Å². The Hall–Kier alpha value is -3.34. The predicted molar refractivity (Wildman–Crippen MR) is 177 cm³/mol. The minimum atomic E-state index is -0.700. The van der Waals surface area contributed by atoms with Gasteiger partial charge in [-0.2, -0.15) is 15.2 Å². The van der Waals surface area contributed by atoms with Crippen LogP contribution in [0, 0.1) is 23.0 Å². The Bertz CT molecular complexity index is 1740. The number of hydrogen-bond acceptors (Lipinski definition) is 10. The van der Waals surface area contributed by atoms with Crippen LogP contribution in [0.4, 0.5) is 19.6 Å². The van der Waals surface area contributed by atoms with E-state index < -0.39 is 11.6 Å². The number of methoxy groups -OCH3 is 1. The lowest BCUT2D eigenvalue weighted by atomic mass is 9.97. The maximum atomic E-state index is 16.3. The number of rotatable bonds is 4. The van der Waals surface area contributed by atoms with Crippen LogP contribution in [0.1, 0.15) is 45.1 Å². The Morgan fingerprint density at radius 2 is 1.91 bits per heavy atom. The van der Waals surface area contributed by atoms with Crippen LogP contribution in [-0.2, 0) is 0 Å². The molecular formula is C32H38ClF2N7O2S. The number of fused-ring (bicyclic) bond motifs is 4. The van der Waals surface area contributed by atoms with Crippen LogP contribution in [0.2, 0.25) is 5.02 Å². The summed E-state index contributed by atoms with van der Waals surface area (Å²) < 4.78 is 36.3. The van der Waals surface area contributed by atoms with Gasteiger partial charge < -0.3 is 30.7 Å². The number of nitrogens with two attached hydrogens (primary N) is 1. The van der Waals surface area contributed by atoms with Crippen molar-refractivity contribution >= 4 is 54.7 Å². The van der Waals surface area contributed by atoms with E-state index in [1.807, 2.05) is 19.9 Å². The van der Waals surface area contributed by atoms with E-state index in [0.717, 1.165) is 43.8 Å². The van der Waals surface area contributed by atoms with Gasteiger partial charge in [-0.1, -0.05) is 31.5 Å². The van der Waals surface area contributed by atoms with Crippen molar-refractivity contribution in [3.63, 3.8) is 0 Å². The fraction of sp³-hybridized carbons (Fsp3) is 0.469. The van der Waals surface area contributed by atoms with Crippen LogP contribution in [0.5, 0.6) is 6.01 Å². The van der Waals surface area contributed by atoms with Crippen LogP contribution in [0.25, 0.3) is 32.1 Å². The first-order valence-corrected chi connectivity index (χ1v) is 16.4. The monoisotopic (exact) mass is 657 g/mol. The van der Waals surface area contributed by atoms with Crippen molar-refractivity contribution in [2.45, 2.75) is 57.7 Å². The molecule has 9 nitrogen and oxygen atoms in total. The second-order valence-electron chi connectivity index (χ2n) is 11.2. The van der Waals surface area contributed by atoms with Crippen molar-refractivity contribution in [3.05, 3.63) is 40.4 Å². The minimum absolute atomic E-state index is 0.0190. The molecule has 4 N–H and O–H groups in total. The Kier molecular flexibility index (Phi) is 10.3. The minimum Gasteiger partial charge on any atom is -0.467 e. The van der Waals surface area contributed by atoms with E-state index in [9.17, 15) is 9.65 Å². The predicted octanol–water partition coefficient (Wildman–Crippen LogP) is 5.95. The number of halogens is 3. The second kappa shape index (κ2) is 14.0. The number of aliphatic hydroxyl groups is 1. The number of thiophene rings is 1. The molecule has 2 aromatic carbocycles. The average molecular weight is 658 g/mol. The van der Waals surface area contributed by atoms with Gasteiger partial charge in [0.05, 0.1) is 29.0 Å². The third kappa shape index (κ3) is 6.24. The number of nitrogens with zero attached hydrogens (tertiary/aromatic N) is 5. The number of hydrogen-bond donors (Lipinski definition) is 3. The molecule has 4 aromatic rings. The molecule has 3 fully saturated rings. The maximum absolute atomic E-state index is 16.3. The van der Waals surface area contributed by atoms with Gasteiger partial charge >= 0.3 is 6.01 Å². The Balaban J connectivity index is 0.000000346. The lowest BCUT2D eigenvalue weighted by Gasteiger charge is -2.34. The smallest absolute Gasteiger partial charge is 0.318 e. The Morgan fingerprint density at radius 3 is 2.49 bits per heavy atom. The standard InChI is InChI=1S/C24H19ClF2N6OS.C6H13NO.C2H6/c1-34-24-31-20-13(23(32-24)33-8-10-2-3-11(9-33)30-10)6-15(25)18(19(20)27)12-4-5-16(26)21-17(12)14(7-28)22(29)35-21;1-7-4-2-3-6(7)5-8;1-2/h4-6,10-11,30H,2-3,8-9,29H2,1H3;6,8H,2-5H2,1H3;1-2H3. The molecule has 5 heterocycles. The van der Waals surface area contributed by atoms with E-state index in [0.29, 0.717) is 35.9 Å². The molecule has 240 valence electrons. The number of likely N-dealkylation sites (tertiary alicyclic amines) is 1. The van der Waals surface area contributed by atoms with E-state index in [4.69, 9.17) is 27.2 Å². The molecule has 0 spiro atoms. The van der Waals surface area contributed by atoms with Gasteiger partial charge in [0.2, 0.25) is 0 Å². The fourth-order valence-corrected chi connectivity index (χ4v) is 7.67. The van der Waals surface area contributed by atoms with Gasteiger partial charge in [-0.3, -0.25) is 0 Å². The first kappa shape index (κ1) is 33.0. The molecule has 3 atom stereocenters. The molecule has 0 saturated carbocycles. The molecule has 45 heavy (non-hydrogen) atoms. The Morgan fingerprint density at radius 1 is 1.20 bits per heavy atom. The van der Waals surface area contributed by atoms with E-state index in [1.165, 1.54) is 32.1 Å². The van der Waals surface area contributed by atoms with Crippen molar-refractivity contribution in [3.8, 4) is 23.2 Å². The number of piperazine rings is 1. The number of aliphatic hydroxyl groups excluding tert-OH is 1. The number of aromatic nitrogens is 2. The maximum Gasteiger partial charge on any atom is 0.318 e. The highest BCUT2D eigenvalue weighted by Gasteiger charge is 2.34. The van der Waals surface area contributed by atoms with E-state index >= 15 is 4.39 Å². The molecule has 0 radical (unpaired) electrons. The summed E-state index contributed by atoms with van der Waals surface area (Å²) in [5, 5.41) is 22.9. The number of anilines is 2. The Labute approximate surface area is 270 Å². The molecule has 3 unspecified atom stereocenters. The summed E-state index contributed by atoms with van der Waals surface area (Å²) in [5.41, 5.74) is 6.39. The van der Waals surface area contributed by atoms with Gasteiger partial charge in [0.1, 0.15) is 28.2 Å². The third-order valence-electron chi connectivity index (χ3n) is 8.62. The van der Waals surface area contributed by atoms with Gasteiger partial charge in [0, 0.05) is 47.6 Å². The zero-order valence-electron chi connectivity index (χ0n) is 25.8. The summed E-state index contributed by atoms with van der Waals surface area (Å²) in [6.45, 7) is 6.94. The molecule has 3 aliphatic heterocycles. The normalized spacial score (nSPS) is 20.9. The lowest BCUT2D eigenvalue weighted by molar-refractivity contribution is 0.182. The molecule has 7 rings (SSSR count). The molecule has 2 aromatic heterocycles. The quantitative estimate of drug-likeness (QED) is 0.244. The van der Waals surface area contributed by atoms with Crippen molar-refractivity contribution in [1.82, 2.24) is 20.2 Å². The summed E-state index contributed by atoms with van der Waals surface area (Å²) in [4.78, 5) is 13.2. The van der Waals surface area contributed by atoms with Gasteiger partial charge in [-0.05, 0) is 57.0 Å². The van der Waals surface area contributed by atoms with E-state index in [-0.39, 0.29) is 48.3 Å². The molecule has 13 heteroatoms. The van der Waals surface area contributed by atoms with Crippen molar-refractivity contribution < 1.29 is 18.6 Å². The largest absolute Gasteiger partial charge is 0.467 e. The number of nitriles is 1. The number of likely N-dealkylation sites (N-methyl/N-ethyl adjacent to an activating group) is 1. The molecule has 2 bridgehead atoms. The first-order valence-electron chi connectivity index (χ1n) is 15.2. The molecule has 0 aliphatic carbocycles. The zero-order chi connectivity index (χ0) is 32.4. The molecular weight excluding hydrogens is 620 g/mol. The van der Waals surface area contributed by atoms with Gasteiger partial charge in [0.15, 0.2) is 5.82 Å². The molecule has 0 amide bonds. The number of benzene rings is 2. The zero-order valence-corrected chi connectivity index (χ0v) is 27.4.